The highest BCUT2D eigenvalue weighted by molar-refractivity contribution is 5.76. The number of allylic oxidation sites excluding steroid dienone is 21. The fourth-order valence-corrected chi connectivity index (χ4v) is 8.52. The molecular formula is C66H109NO8. The molecule has 1 rings (SSSR count). The monoisotopic (exact) mass is 1040 g/mol. The Morgan fingerprint density at radius 1 is 0.467 bits per heavy atom. The molecule has 7 unspecified atom stereocenters. The Morgan fingerprint density at radius 2 is 0.840 bits per heavy atom. The Bertz CT molecular complexity index is 1640. The van der Waals surface area contributed by atoms with E-state index in [9.17, 15) is 30.3 Å². The van der Waals surface area contributed by atoms with Crippen LogP contribution in [0, 0.1) is 0 Å². The third kappa shape index (κ3) is 43.1. The summed E-state index contributed by atoms with van der Waals surface area (Å²) in [6.07, 6.45) is 75.1. The number of hydrogen-bond acceptors (Lipinski definition) is 8. The second kappa shape index (κ2) is 53.7. The molecule has 426 valence electrons. The molecule has 6 N–H and O–H groups in total. The summed E-state index contributed by atoms with van der Waals surface area (Å²) in [6.45, 7) is 3.63. The standard InChI is InChI=1S/C66H109NO8/c1-3-5-7-9-11-13-15-17-19-21-22-23-24-25-26-27-28-29-30-31-32-33-34-35-36-37-38-40-42-44-46-48-50-52-54-56-62(70)67-59(58-74-66-65(73)64(72)63(71)61(57-68)75-66)60(69)55-53-51-49-47-45-43-41-39-20-18-16-14-12-10-8-6-4-2/h5,7,11,13,17,19,22-23,25-26,28-29,31-32,34-35,37-38,45,47,53,55,59-61,63-66,68-69,71-73H,3-4,6,8-10,12,14-16,18,20-21,24,27,30,33,36,39-44,46,48-52,54,56-58H2,1-2H3,(H,67,70)/b7-5-,13-11-,19-17-,23-22-,26-25-,29-28-,32-31-,35-34-,38-37-,47-45+,55-53+. The van der Waals surface area contributed by atoms with Crippen molar-refractivity contribution in [2.75, 3.05) is 13.2 Å². The molecular weight excluding hydrogens is 935 g/mol. The van der Waals surface area contributed by atoms with Gasteiger partial charge < -0.3 is 40.3 Å². The number of hydrogen-bond donors (Lipinski definition) is 6. The van der Waals surface area contributed by atoms with E-state index in [2.05, 4.69) is 141 Å². The zero-order valence-electron chi connectivity index (χ0n) is 47.2. The molecule has 0 aromatic carbocycles. The minimum atomic E-state index is -1.58. The van der Waals surface area contributed by atoms with E-state index in [4.69, 9.17) is 9.47 Å². The van der Waals surface area contributed by atoms with Crippen LogP contribution in [0.15, 0.2) is 134 Å². The van der Waals surface area contributed by atoms with E-state index in [-0.39, 0.29) is 12.5 Å². The summed E-state index contributed by atoms with van der Waals surface area (Å²) in [5, 5.41) is 54.5. The lowest BCUT2D eigenvalue weighted by Crippen LogP contribution is -2.60. The van der Waals surface area contributed by atoms with Crippen LogP contribution in [-0.4, -0.2) is 87.5 Å². The number of carbonyl (C=O) groups is 1. The van der Waals surface area contributed by atoms with Crippen LogP contribution < -0.4 is 5.32 Å². The average Bonchev–Trinajstić information content (AvgIpc) is 3.41. The Balaban J connectivity index is 2.23. The van der Waals surface area contributed by atoms with Crippen LogP contribution >= 0.6 is 0 Å². The summed E-state index contributed by atoms with van der Waals surface area (Å²) >= 11 is 0. The van der Waals surface area contributed by atoms with Crippen LogP contribution in [0.4, 0.5) is 0 Å². The molecule has 9 heteroatoms. The molecule has 9 nitrogen and oxygen atoms in total. The van der Waals surface area contributed by atoms with E-state index in [1.807, 2.05) is 6.08 Å². The molecule has 0 bridgehead atoms. The Kier molecular flexibility index (Phi) is 49.7. The van der Waals surface area contributed by atoms with Crippen molar-refractivity contribution in [3.63, 3.8) is 0 Å². The molecule has 0 radical (unpaired) electrons. The van der Waals surface area contributed by atoms with Crippen LogP contribution in [0.2, 0.25) is 0 Å². The van der Waals surface area contributed by atoms with E-state index in [0.29, 0.717) is 6.42 Å². The molecule has 1 aliphatic rings. The van der Waals surface area contributed by atoms with E-state index in [0.717, 1.165) is 109 Å². The van der Waals surface area contributed by atoms with Gasteiger partial charge in [-0.25, -0.2) is 0 Å². The Hall–Kier alpha value is -3.67. The first-order chi connectivity index (χ1) is 36.8. The minimum absolute atomic E-state index is 0.204. The van der Waals surface area contributed by atoms with Gasteiger partial charge in [-0.15, -0.1) is 0 Å². The maximum absolute atomic E-state index is 13.1. The maximum Gasteiger partial charge on any atom is 0.220 e. The fourth-order valence-electron chi connectivity index (χ4n) is 8.52. The second-order valence-corrected chi connectivity index (χ2v) is 20.0. The normalized spacial score (nSPS) is 19.9. The van der Waals surface area contributed by atoms with Crippen molar-refractivity contribution >= 4 is 5.91 Å². The predicted octanol–water partition coefficient (Wildman–Crippen LogP) is 15.3. The number of amides is 1. The number of unbranched alkanes of at least 4 members (excludes halogenated alkanes) is 19. The number of aliphatic hydroxyl groups excluding tert-OH is 5. The van der Waals surface area contributed by atoms with Crippen LogP contribution in [0.25, 0.3) is 0 Å². The summed E-state index contributed by atoms with van der Waals surface area (Å²) in [5.41, 5.74) is 0. The van der Waals surface area contributed by atoms with E-state index < -0.39 is 49.5 Å². The van der Waals surface area contributed by atoms with Crippen molar-refractivity contribution < 1.29 is 39.8 Å². The van der Waals surface area contributed by atoms with Gasteiger partial charge in [-0.2, -0.15) is 0 Å². The van der Waals surface area contributed by atoms with Gasteiger partial charge >= 0.3 is 0 Å². The van der Waals surface area contributed by atoms with Gasteiger partial charge in [0, 0.05) is 6.42 Å². The lowest BCUT2D eigenvalue weighted by molar-refractivity contribution is -0.302. The highest BCUT2D eigenvalue weighted by Crippen LogP contribution is 2.23. The summed E-state index contributed by atoms with van der Waals surface area (Å²) < 4.78 is 11.2. The van der Waals surface area contributed by atoms with Crippen molar-refractivity contribution in [3.05, 3.63) is 134 Å². The molecule has 0 aliphatic carbocycles. The second-order valence-electron chi connectivity index (χ2n) is 20.0. The highest BCUT2D eigenvalue weighted by Gasteiger charge is 2.44. The molecule has 0 saturated carbocycles. The number of rotatable bonds is 49. The molecule has 0 aromatic rings. The third-order valence-electron chi connectivity index (χ3n) is 13.2. The van der Waals surface area contributed by atoms with Crippen molar-refractivity contribution in [2.24, 2.45) is 0 Å². The van der Waals surface area contributed by atoms with E-state index in [1.165, 1.54) is 89.9 Å². The van der Waals surface area contributed by atoms with Crippen molar-refractivity contribution in [2.45, 2.75) is 262 Å². The SMILES string of the molecule is CC/C=C\C/C=C\C/C=C\C/C=C\C/C=C\C/C=C\C/C=C\C/C=C\C/C=C\CCCCCCCCCC(=O)NC(COC1OC(CO)C(O)C(O)C1O)C(O)/C=C/CC/C=C/CCCCCCCCCCCCC. The summed E-state index contributed by atoms with van der Waals surface area (Å²) in [6, 6.07) is -0.838. The first-order valence-corrected chi connectivity index (χ1v) is 29.9. The third-order valence-corrected chi connectivity index (χ3v) is 13.2. The lowest BCUT2D eigenvalue weighted by Gasteiger charge is -2.40. The average molecular weight is 1040 g/mol. The van der Waals surface area contributed by atoms with Gasteiger partial charge in [0.05, 0.1) is 25.4 Å². The summed E-state index contributed by atoms with van der Waals surface area (Å²) in [5.74, 6) is -0.204. The first-order valence-electron chi connectivity index (χ1n) is 29.9. The van der Waals surface area contributed by atoms with E-state index >= 15 is 0 Å². The van der Waals surface area contributed by atoms with Gasteiger partial charge in [0.1, 0.15) is 24.4 Å². The molecule has 0 spiro atoms. The largest absolute Gasteiger partial charge is 0.394 e. The van der Waals surface area contributed by atoms with Gasteiger partial charge in [0.25, 0.3) is 0 Å². The van der Waals surface area contributed by atoms with Gasteiger partial charge in [-0.05, 0) is 103 Å². The minimum Gasteiger partial charge on any atom is -0.394 e. The number of nitrogens with one attached hydrogen (secondary N) is 1. The number of ether oxygens (including phenoxy) is 2. The number of aliphatic hydroxyl groups is 5. The molecule has 1 saturated heterocycles. The lowest BCUT2D eigenvalue weighted by atomic mass is 9.99. The zero-order chi connectivity index (χ0) is 54.3. The maximum atomic E-state index is 13.1. The molecule has 1 heterocycles. The molecule has 1 amide bonds. The summed E-state index contributed by atoms with van der Waals surface area (Å²) in [7, 11) is 0. The number of carbonyl (C=O) groups excluding carboxylic acids is 1. The van der Waals surface area contributed by atoms with Crippen molar-refractivity contribution in [1.29, 1.82) is 0 Å². The van der Waals surface area contributed by atoms with Gasteiger partial charge in [0.15, 0.2) is 6.29 Å². The van der Waals surface area contributed by atoms with Crippen LogP contribution in [-0.2, 0) is 14.3 Å². The van der Waals surface area contributed by atoms with Gasteiger partial charge in [-0.3, -0.25) is 4.79 Å². The van der Waals surface area contributed by atoms with E-state index in [1.54, 1.807) is 6.08 Å². The quantitative estimate of drug-likeness (QED) is 0.0261. The van der Waals surface area contributed by atoms with Crippen molar-refractivity contribution in [1.82, 2.24) is 5.32 Å². The first kappa shape index (κ1) is 69.3. The predicted molar refractivity (Wildman–Crippen MR) is 317 cm³/mol. The highest BCUT2D eigenvalue weighted by atomic mass is 16.7. The van der Waals surface area contributed by atoms with Gasteiger partial charge in [-0.1, -0.05) is 244 Å². The topological polar surface area (TPSA) is 149 Å². The fraction of sp³-hybridized carbons (Fsp3) is 0.652. The summed E-state index contributed by atoms with van der Waals surface area (Å²) in [4.78, 5) is 13.1. The van der Waals surface area contributed by atoms with Crippen LogP contribution in [0.5, 0.6) is 0 Å². The molecule has 1 fully saturated rings. The van der Waals surface area contributed by atoms with Gasteiger partial charge in [0.2, 0.25) is 5.91 Å². The zero-order valence-corrected chi connectivity index (χ0v) is 47.2. The molecule has 1 aliphatic heterocycles. The van der Waals surface area contributed by atoms with Crippen molar-refractivity contribution in [3.8, 4) is 0 Å². The molecule has 0 aromatic heterocycles. The Labute approximate surface area is 458 Å². The molecule has 75 heavy (non-hydrogen) atoms. The van der Waals surface area contributed by atoms with Crippen LogP contribution in [0.1, 0.15) is 219 Å². The Morgan fingerprint density at radius 3 is 1.28 bits per heavy atom. The molecule has 7 atom stereocenters. The van der Waals surface area contributed by atoms with Crippen LogP contribution in [0.3, 0.4) is 0 Å². The smallest absolute Gasteiger partial charge is 0.220 e.